The van der Waals surface area contributed by atoms with Gasteiger partial charge in [-0.25, -0.2) is 4.98 Å². The molecule has 1 aromatic rings. The summed E-state index contributed by atoms with van der Waals surface area (Å²) in [6.07, 6.45) is 6.06. The third-order valence-corrected chi connectivity index (χ3v) is 2.86. The van der Waals surface area contributed by atoms with Gasteiger partial charge >= 0.3 is 0 Å². The molecule has 0 saturated carbocycles. The molecular weight excluding hydrogens is 188 g/mol. The highest BCUT2D eigenvalue weighted by Gasteiger charge is 2.17. The van der Waals surface area contributed by atoms with Crippen LogP contribution in [-0.2, 0) is 0 Å². The lowest BCUT2D eigenvalue weighted by atomic mass is 9.95. The van der Waals surface area contributed by atoms with E-state index in [0.717, 1.165) is 24.6 Å². The second kappa shape index (κ2) is 4.57. The summed E-state index contributed by atoms with van der Waals surface area (Å²) in [5, 5.41) is 3.36. The quantitative estimate of drug-likeness (QED) is 0.784. The first-order chi connectivity index (χ1) is 7.27. The largest absolute Gasteiger partial charge is 0.361 e. The molecule has 4 nitrogen and oxygen atoms in total. The third kappa shape index (κ3) is 2.45. The molecule has 1 aliphatic heterocycles. The molecule has 0 spiro atoms. The van der Waals surface area contributed by atoms with E-state index in [9.17, 15) is 0 Å². The highest BCUT2D eigenvalue weighted by Crippen LogP contribution is 2.23. The standard InChI is InChI=1S/C11H18N4/c1-15(2)11-8-13-7-10(14-11)9-3-5-12-6-4-9/h7-9,12H,3-6H2,1-2H3. The molecule has 0 aliphatic carbocycles. The Hall–Kier alpha value is -1.16. The topological polar surface area (TPSA) is 41.1 Å². The molecule has 2 rings (SSSR count). The van der Waals surface area contributed by atoms with Crippen LogP contribution in [0.4, 0.5) is 5.82 Å². The average molecular weight is 206 g/mol. The molecular formula is C11H18N4. The van der Waals surface area contributed by atoms with Crippen molar-refractivity contribution in [2.24, 2.45) is 0 Å². The van der Waals surface area contributed by atoms with Crippen LogP contribution in [0.1, 0.15) is 24.5 Å². The fourth-order valence-corrected chi connectivity index (χ4v) is 1.90. The Bertz CT molecular complexity index is 318. The molecule has 0 atom stereocenters. The highest BCUT2D eigenvalue weighted by atomic mass is 15.1. The highest BCUT2D eigenvalue weighted by molar-refractivity contribution is 5.34. The van der Waals surface area contributed by atoms with Crippen LogP contribution in [0.25, 0.3) is 0 Å². The van der Waals surface area contributed by atoms with E-state index in [-0.39, 0.29) is 0 Å². The Morgan fingerprint density at radius 2 is 2.00 bits per heavy atom. The molecule has 15 heavy (non-hydrogen) atoms. The molecule has 0 amide bonds. The van der Waals surface area contributed by atoms with Gasteiger partial charge in [0, 0.05) is 26.2 Å². The lowest BCUT2D eigenvalue weighted by molar-refractivity contribution is 0.452. The smallest absolute Gasteiger partial charge is 0.146 e. The number of hydrogen-bond acceptors (Lipinski definition) is 4. The Labute approximate surface area is 90.7 Å². The van der Waals surface area contributed by atoms with Crippen molar-refractivity contribution in [2.45, 2.75) is 18.8 Å². The Morgan fingerprint density at radius 3 is 2.67 bits per heavy atom. The molecule has 1 aliphatic rings. The van der Waals surface area contributed by atoms with Gasteiger partial charge in [-0.15, -0.1) is 0 Å². The van der Waals surface area contributed by atoms with Gasteiger partial charge in [-0.2, -0.15) is 0 Å². The van der Waals surface area contributed by atoms with E-state index in [1.165, 1.54) is 12.8 Å². The molecule has 1 saturated heterocycles. The Kier molecular flexibility index (Phi) is 3.16. The summed E-state index contributed by atoms with van der Waals surface area (Å²) in [6, 6.07) is 0. The zero-order valence-electron chi connectivity index (χ0n) is 9.40. The summed E-state index contributed by atoms with van der Waals surface area (Å²) in [7, 11) is 3.99. The van der Waals surface area contributed by atoms with Gasteiger partial charge in [-0.3, -0.25) is 4.98 Å². The first-order valence-corrected chi connectivity index (χ1v) is 5.47. The molecule has 4 heteroatoms. The normalized spacial score (nSPS) is 17.7. The van der Waals surface area contributed by atoms with Gasteiger partial charge in [0.25, 0.3) is 0 Å². The summed E-state index contributed by atoms with van der Waals surface area (Å²) < 4.78 is 0. The second-order valence-corrected chi connectivity index (χ2v) is 4.22. The van der Waals surface area contributed by atoms with Crippen LogP contribution in [0.2, 0.25) is 0 Å². The molecule has 0 aromatic carbocycles. The number of aromatic nitrogens is 2. The van der Waals surface area contributed by atoms with Gasteiger partial charge in [-0.1, -0.05) is 0 Å². The predicted octanol–water partition coefficient (Wildman–Crippen LogP) is 1.01. The van der Waals surface area contributed by atoms with E-state index in [1.54, 1.807) is 0 Å². The van der Waals surface area contributed by atoms with Crippen molar-refractivity contribution in [1.82, 2.24) is 15.3 Å². The van der Waals surface area contributed by atoms with Crippen LogP contribution in [0.3, 0.4) is 0 Å². The van der Waals surface area contributed by atoms with Crippen LogP contribution < -0.4 is 10.2 Å². The maximum absolute atomic E-state index is 4.63. The van der Waals surface area contributed by atoms with Crippen LogP contribution >= 0.6 is 0 Å². The van der Waals surface area contributed by atoms with Gasteiger partial charge < -0.3 is 10.2 Å². The van der Waals surface area contributed by atoms with Gasteiger partial charge in [-0.05, 0) is 25.9 Å². The van der Waals surface area contributed by atoms with E-state index < -0.39 is 0 Å². The van der Waals surface area contributed by atoms with Crippen molar-refractivity contribution < 1.29 is 0 Å². The molecule has 1 N–H and O–H groups in total. The zero-order chi connectivity index (χ0) is 10.7. The van der Waals surface area contributed by atoms with E-state index in [0.29, 0.717) is 5.92 Å². The molecule has 0 radical (unpaired) electrons. The van der Waals surface area contributed by atoms with Crippen molar-refractivity contribution in [3.05, 3.63) is 18.1 Å². The fraction of sp³-hybridized carbons (Fsp3) is 0.636. The lowest BCUT2D eigenvalue weighted by Crippen LogP contribution is -2.27. The summed E-state index contributed by atoms with van der Waals surface area (Å²) in [4.78, 5) is 10.9. The van der Waals surface area contributed by atoms with E-state index in [4.69, 9.17) is 0 Å². The van der Waals surface area contributed by atoms with Crippen molar-refractivity contribution in [2.75, 3.05) is 32.1 Å². The minimum absolute atomic E-state index is 0.582. The maximum atomic E-state index is 4.63. The van der Waals surface area contributed by atoms with E-state index >= 15 is 0 Å². The zero-order valence-corrected chi connectivity index (χ0v) is 9.40. The molecule has 82 valence electrons. The second-order valence-electron chi connectivity index (χ2n) is 4.22. The van der Waals surface area contributed by atoms with Gasteiger partial charge in [0.2, 0.25) is 0 Å². The van der Waals surface area contributed by atoms with Crippen molar-refractivity contribution in [3.8, 4) is 0 Å². The number of hydrogen-bond donors (Lipinski definition) is 1. The number of nitrogens with zero attached hydrogens (tertiary/aromatic N) is 3. The minimum atomic E-state index is 0.582. The monoisotopic (exact) mass is 206 g/mol. The number of rotatable bonds is 2. The molecule has 0 unspecified atom stereocenters. The van der Waals surface area contributed by atoms with Crippen LogP contribution in [0.15, 0.2) is 12.4 Å². The van der Waals surface area contributed by atoms with Crippen LogP contribution in [-0.4, -0.2) is 37.2 Å². The summed E-state index contributed by atoms with van der Waals surface area (Å²) in [5.74, 6) is 1.53. The van der Waals surface area contributed by atoms with Gasteiger partial charge in [0.15, 0.2) is 0 Å². The van der Waals surface area contributed by atoms with Crippen LogP contribution in [0.5, 0.6) is 0 Å². The molecule has 0 bridgehead atoms. The lowest BCUT2D eigenvalue weighted by Gasteiger charge is -2.22. The summed E-state index contributed by atoms with van der Waals surface area (Å²) >= 11 is 0. The van der Waals surface area contributed by atoms with Gasteiger partial charge in [0.05, 0.1) is 11.9 Å². The van der Waals surface area contributed by atoms with Crippen molar-refractivity contribution in [3.63, 3.8) is 0 Å². The number of nitrogens with one attached hydrogen (secondary N) is 1. The van der Waals surface area contributed by atoms with Crippen molar-refractivity contribution in [1.29, 1.82) is 0 Å². The first-order valence-electron chi connectivity index (χ1n) is 5.47. The molecule has 2 heterocycles. The minimum Gasteiger partial charge on any atom is -0.361 e. The molecule has 1 aromatic heterocycles. The van der Waals surface area contributed by atoms with E-state index in [2.05, 4.69) is 15.3 Å². The Morgan fingerprint density at radius 1 is 1.27 bits per heavy atom. The van der Waals surface area contributed by atoms with Crippen LogP contribution in [0, 0.1) is 0 Å². The van der Waals surface area contributed by atoms with Gasteiger partial charge in [0.1, 0.15) is 5.82 Å². The fourth-order valence-electron chi connectivity index (χ4n) is 1.90. The summed E-state index contributed by atoms with van der Waals surface area (Å²) in [5.41, 5.74) is 1.14. The summed E-state index contributed by atoms with van der Waals surface area (Å²) in [6.45, 7) is 2.19. The maximum Gasteiger partial charge on any atom is 0.146 e. The predicted molar refractivity (Wildman–Crippen MR) is 61.2 cm³/mol. The average Bonchev–Trinajstić information content (AvgIpc) is 2.30. The Balaban J connectivity index is 2.16. The number of piperidine rings is 1. The van der Waals surface area contributed by atoms with E-state index in [1.807, 2.05) is 31.4 Å². The molecule has 1 fully saturated rings. The SMILES string of the molecule is CN(C)c1cncc(C2CCNCC2)n1. The first kappa shape index (κ1) is 10.4. The number of anilines is 1. The third-order valence-electron chi connectivity index (χ3n) is 2.86. The van der Waals surface area contributed by atoms with Crippen molar-refractivity contribution >= 4 is 5.82 Å².